The van der Waals surface area contributed by atoms with Crippen molar-refractivity contribution < 1.29 is 0 Å². The normalized spacial score (nSPS) is 12.2. The first-order valence-electron chi connectivity index (χ1n) is 24.7. The monoisotopic (exact) mass is 912 g/mol. The van der Waals surface area contributed by atoms with Crippen molar-refractivity contribution in [2.24, 2.45) is 0 Å². The van der Waals surface area contributed by atoms with Crippen molar-refractivity contribution in [2.75, 3.05) is 0 Å². The molecule has 0 aliphatic carbocycles. The van der Waals surface area contributed by atoms with Gasteiger partial charge < -0.3 is 9.13 Å². The largest absolute Gasteiger partial charge is 0.309 e. The molecule has 3 aromatic heterocycles. The molecule has 0 saturated carbocycles. The first kappa shape index (κ1) is 39.2. The summed E-state index contributed by atoms with van der Waals surface area (Å²) in [5.74, 6) is 0. The van der Waals surface area contributed by atoms with Crippen molar-refractivity contribution in [1.82, 2.24) is 19.1 Å². The number of fused-ring (bicyclic) bond motifs is 17. The Morgan fingerprint density at radius 1 is 0.278 bits per heavy atom. The van der Waals surface area contributed by atoms with Crippen LogP contribution in [0.15, 0.2) is 243 Å². The minimum Gasteiger partial charge on any atom is -0.309 e. The Kier molecular flexibility index (Phi) is 8.14. The number of aromatic nitrogens is 4. The van der Waals surface area contributed by atoms with Gasteiger partial charge in [-0.2, -0.15) is 0 Å². The summed E-state index contributed by atoms with van der Waals surface area (Å²) in [6, 6.07) is 88.7. The topological polar surface area (TPSA) is 35.6 Å². The molecule has 0 spiro atoms. The molecule has 16 aromatic rings. The molecule has 0 amide bonds. The highest BCUT2D eigenvalue weighted by molar-refractivity contribution is 6.26. The molecule has 0 unspecified atom stereocenters. The Morgan fingerprint density at radius 2 is 0.847 bits per heavy atom. The minimum atomic E-state index is 0.864. The zero-order chi connectivity index (χ0) is 47.0. The van der Waals surface area contributed by atoms with Crippen LogP contribution >= 0.6 is 0 Å². The maximum absolute atomic E-state index is 5.47. The molecule has 0 bridgehead atoms. The summed E-state index contributed by atoms with van der Waals surface area (Å²) in [4.78, 5) is 10.9. The lowest BCUT2D eigenvalue weighted by Crippen LogP contribution is -1.98. The van der Waals surface area contributed by atoms with Gasteiger partial charge in [-0.25, -0.2) is 9.97 Å². The maximum atomic E-state index is 5.47. The Labute approximate surface area is 412 Å². The van der Waals surface area contributed by atoms with E-state index in [4.69, 9.17) is 9.97 Å². The second-order valence-electron chi connectivity index (χ2n) is 19.2. The lowest BCUT2D eigenvalue weighted by molar-refractivity contribution is 1.18. The fraction of sp³-hybridized carbons (Fsp3) is 0. The van der Waals surface area contributed by atoms with Gasteiger partial charge in [-0.15, -0.1) is 0 Å². The molecular formula is C68H40N4. The highest BCUT2D eigenvalue weighted by atomic mass is 15.0. The molecule has 0 saturated heterocycles. The van der Waals surface area contributed by atoms with Crippen LogP contribution in [0.1, 0.15) is 0 Å². The van der Waals surface area contributed by atoms with Crippen molar-refractivity contribution in [3.8, 4) is 33.9 Å². The second-order valence-corrected chi connectivity index (χ2v) is 19.2. The SMILES string of the molecule is c1ccc2cc3c(cc2c1)c1c(-n2c4ccccc4c4ccc5ccccc5c42)cccc1n3-c1ccc2c(-c3nc4ccccc4nc3-c3ccc4c5ccccc5c5ccccc5c4c3)cccc2c1. The van der Waals surface area contributed by atoms with E-state index in [2.05, 4.69) is 240 Å². The van der Waals surface area contributed by atoms with E-state index in [9.17, 15) is 0 Å². The highest BCUT2D eigenvalue weighted by Crippen LogP contribution is 2.45. The van der Waals surface area contributed by atoms with Crippen LogP contribution in [0.5, 0.6) is 0 Å². The third-order valence-electron chi connectivity index (χ3n) is 15.4. The molecule has 16 rings (SSSR count). The quantitative estimate of drug-likeness (QED) is 0.165. The van der Waals surface area contributed by atoms with Gasteiger partial charge in [0.2, 0.25) is 0 Å². The first-order chi connectivity index (χ1) is 35.7. The number of hydrogen-bond acceptors (Lipinski definition) is 2. The third kappa shape index (κ3) is 5.57. The average molecular weight is 913 g/mol. The van der Waals surface area contributed by atoms with Gasteiger partial charge in [0, 0.05) is 43.7 Å². The van der Waals surface area contributed by atoms with Crippen molar-refractivity contribution in [1.29, 1.82) is 0 Å². The Bertz CT molecular complexity index is 4960. The van der Waals surface area contributed by atoms with Gasteiger partial charge >= 0.3 is 0 Å². The molecule has 13 aromatic carbocycles. The zero-order valence-corrected chi connectivity index (χ0v) is 38.9. The van der Waals surface area contributed by atoms with Crippen LogP contribution in [0.25, 0.3) is 153 Å². The molecule has 72 heavy (non-hydrogen) atoms. The van der Waals surface area contributed by atoms with E-state index in [0.717, 1.165) is 66.7 Å². The van der Waals surface area contributed by atoms with E-state index >= 15 is 0 Å². The first-order valence-corrected chi connectivity index (χ1v) is 24.7. The van der Waals surface area contributed by atoms with Crippen LogP contribution in [0, 0.1) is 0 Å². The third-order valence-corrected chi connectivity index (χ3v) is 15.4. The molecule has 4 nitrogen and oxygen atoms in total. The molecular weight excluding hydrogens is 873 g/mol. The summed E-state index contributed by atoms with van der Waals surface area (Å²) in [6.45, 7) is 0. The molecule has 0 N–H and O–H groups in total. The molecule has 0 atom stereocenters. The Hall–Kier alpha value is -9.64. The predicted octanol–water partition coefficient (Wildman–Crippen LogP) is 18.1. The standard InChI is InChI=1S/C68H40N4/c1-2-17-43-40-64-58(38-42(43)16-1)65-62(29-14-30-63(65)72-61-28-12-9-24-54(61)56-35-31-41-15-3-4-19-48(41)68(56)72)71(64)46-33-36-47-44(37-46)18-13-25-55(47)67-66(69-59-26-10-11-27-60(59)70-67)45-32-34-53-51-22-6-5-20-49(51)50-21-7-8-23-52(50)57(53)39-45/h1-40H. The molecule has 0 radical (unpaired) electrons. The maximum Gasteiger partial charge on any atom is 0.0979 e. The average Bonchev–Trinajstić information content (AvgIpc) is 3.96. The van der Waals surface area contributed by atoms with Crippen LogP contribution in [0.3, 0.4) is 0 Å². The minimum absolute atomic E-state index is 0.864. The smallest absolute Gasteiger partial charge is 0.0979 e. The van der Waals surface area contributed by atoms with Crippen molar-refractivity contribution in [3.63, 3.8) is 0 Å². The fourth-order valence-corrected chi connectivity index (χ4v) is 12.2. The molecule has 0 fully saturated rings. The summed E-state index contributed by atoms with van der Waals surface area (Å²) in [5.41, 5.74) is 12.5. The van der Waals surface area contributed by atoms with Crippen LogP contribution < -0.4 is 0 Å². The summed E-state index contributed by atoms with van der Waals surface area (Å²) < 4.78 is 4.99. The fourth-order valence-electron chi connectivity index (χ4n) is 12.2. The highest BCUT2D eigenvalue weighted by Gasteiger charge is 2.23. The van der Waals surface area contributed by atoms with Gasteiger partial charge in [0.05, 0.1) is 50.2 Å². The van der Waals surface area contributed by atoms with Gasteiger partial charge in [0.25, 0.3) is 0 Å². The van der Waals surface area contributed by atoms with Crippen LogP contribution in [-0.4, -0.2) is 19.1 Å². The van der Waals surface area contributed by atoms with Gasteiger partial charge in [-0.05, 0) is 120 Å². The van der Waals surface area contributed by atoms with E-state index in [0.29, 0.717) is 0 Å². The number of rotatable bonds is 4. The van der Waals surface area contributed by atoms with E-state index in [-0.39, 0.29) is 0 Å². The van der Waals surface area contributed by atoms with E-state index in [1.807, 2.05) is 12.1 Å². The van der Waals surface area contributed by atoms with Crippen LogP contribution in [0.2, 0.25) is 0 Å². The van der Waals surface area contributed by atoms with E-state index < -0.39 is 0 Å². The van der Waals surface area contributed by atoms with Crippen LogP contribution in [0.4, 0.5) is 0 Å². The van der Waals surface area contributed by atoms with Gasteiger partial charge in [-0.3, -0.25) is 0 Å². The predicted molar refractivity (Wildman–Crippen MR) is 304 cm³/mol. The molecule has 3 heterocycles. The molecule has 0 aliphatic heterocycles. The molecule has 4 heteroatoms. The number of benzene rings is 13. The van der Waals surface area contributed by atoms with Crippen molar-refractivity contribution in [2.45, 2.75) is 0 Å². The summed E-state index contributed by atoms with van der Waals surface area (Å²) in [7, 11) is 0. The van der Waals surface area contributed by atoms with Crippen LogP contribution in [-0.2, 0) is 0 Å². The van der Waals surface area contributed by atoms with Gasteiger partial charge in [-0.1, -0.05) is 182 Å². The number of hydrogen-bond donors (Lipinski definition) is 0. The van der Waals surface area contributed by atoms with Gasteiger partial charge in [0.15, 0.2) is 0 Å². The molecule has 0 aliphatic rings. The Morgan fingerprint density at radius 3 is 1.62 bits per heavy atom. The number of para-hydroxylation sites is 3. The molecule has 332 valence electrons. The summed E-state index contributed by atoms with van der Waals surface area (Å²) in [6.07, 6.45) is 0. The zero-order valence-electron chi connectivity index (χ0n) is 38.9. The lowest BCUT2D eigenvalue weighted by Gasteiger charge is -2.16. The van der Waals surface area contributed by atoms with Gasteiger partial charge in [0.1, 0.15) is 0 Å². The van der Waals surface area contributed by atoms with E-state index in [1.165, 1.54) is 86.4 Å². The number of nitrogens with zero attached hydrogens (tertiary/aromatic N) is 4. The lowest BCUT2D eigenvalue weighted by atomic mass is 9.92. The van der Waals surface area contributed by atoms with Crippen molar-refractivity contribution in [3.05, 3.63) is 243 Å². The summed E-state index contributed by atoms with van der Waals surface area (Å²) in [5, 5.41) is 19.5. The Balaban J connectivity index is 0.933. The summed E-state index contributed by atoms with van der Waals surface area (Å²) >= 11 is 0. The van der Waals surface area contributed by atoms with Crippen molar-refractivity contribution >= 4 is 119 Å². The van der Waals surface area contributed by atoms with E-state index in [1.54, 1.807) is 0 Å². The second kappa shape index (κ2) is 14.9.